The number of carbonyl (C=O) groups excluding carboxylic acids is 1. The second-order valence-corrected chi connectivity index (χ2v) is 4.87. The molecule has 2 N–H and O–H groups in total. The van der Waals surface area contributed by atoms with E-state index in [2.05, 4.69) is 41.8 Å². The third kappa shape index (κ3) is 4.93. The van der Waals surface area contributed by atoms with Crippen LogP contribution in [0.5, 0.6) is 5.75 Å². The Morgan fingerprint density at radius 1 is 1.05 bits per heavy atom. The van der Waals surface area contributed by atoms with Gasteiger partial charge in [0.15, 0.2) is 0 Å². The predicted molar refractivity (Wildman–Crippen MR) is 84.5 cm³/mol. The number of nitrogens with one attached hydrogen (secondary N) is 2. The zero-order chi connectivity index (χ0) is 15.1. The second kappa shape index (κ2) is 7.45. The number of amides is 1. The zero-order valence-corrected chi connectivity index (χ0v) is 12.3. The molecule has 0 radical (unpaired) electrons. The molecule has 0 bridgehead atoms. The van der Waals surface area contributed by atoms with Gasteiger partial charge in [-0.2, -0.15) is 0 Å². The summed E-state index contributed by atoms with van der Waals surface area (Å²) in [6, 6.07) is 15.5. The van der Waals surface area contributed by atoms with Crippen LogP contribution in [0.4, 0.5) is 5.69 Å². The summed E-state index contributed by atoms with van der Waals surface area (Å²) in [5.74, 6) is 0.706. The lowest BCUT2D eigenvalue weighted by molar-refractivity contribution is -0.115. The molecule has 0 aliphatic heterocycles. The van der Waals surface area contributed by atoms with Gasteiger partial charge in [0.05, 0.1) is 13.7 Å². The van der Waals surface area contributed by atoms with Crippen LogP contribution in [-0.4, -0.2) is 19.6 Å². The molecule has 2 aromatic carbocycles. The lowest BCUT2D eigenvalue weighted by Crippen LogP contribution is -2.27. The van der Waals surface area contributed by atoms with E-state index in [1.165, 1.54) is 5.56 Å². The van der Waals surface area contributed by atoms with Gasteiger partial charge < -0.3 is 15.4 Å². The largest absolute Gasteiger partial charge is 0.497 e. The van der Waals surface area contributed by atoms with Crippen molar-refractivity contribution in [2.24, 2.45) is 0 Å². The van der Waals surface area contributed by atoms with Gasteiger partial charge in [-0.25, -0.2) is 0 Å². The Hall–Kier alpha value is -2.33. The van der Waals surface area contributed by atoms with E-state index in [4.69, 9.17) is 4.74 Å². The number of rotatable bonds is 6. The highest BCUT2D eigenvalue weighted by molar-refractivity contribution is 5.92. The molecule has 0 aliphatic rings. The van der Waals surface area contributed by atoms with E-state index >= 15 is 0 Å². The second-order valence-electron chi connectivity index (χ2n) is 4.87. The van der Waals surface area contributed by atoms with E-state index in [0.717, 1.165) is 17.0 Å². The molecule has 110 valence electrons. The highest BCUT2D eigenvalue weighted by Crippen LogP contribution is 2.14. The van der Waals surface area contributed by atoms with Gasteiger partial charge in [-0.3, -0.25) is 4.79 Å². The van der Waals surface area contributed by atoms with Gasteiger partial charge in [0.2, 0.25) is 5.91 Å². The van der Waals surface area contributed by atoms with Crippen LogP contribution in [0, 0.1) is 6.92 Å². The zero-order valence-electron chi connectivity index (χ0n) is 12.3. The summed E-state index contributed by atoms with van der Waals surface area (Å²) in [7, 11) is 1.61. The van der Waals surface area contributed by atoms with E-state index in [1.54, 1.807) is 7.11 Å². The van der Waals surface area contributed by atoms with Gasteiger partial charge in [-0.05, 0) is 36.8 Å². The quantitative estimate of drug-likeness (QED) is 0.857. The van der Waals surface area contributed by atoms with Crippen LogP contribution in [0.2, 0.25) is 0 Å². The maximum Gasteiger partial charge on any atom is 0.238 e. The molecular formula is C17H20N2O2. The Morgan fingerprint density at radius 2 is 1.71 bits per heavy atom. The first-order valence-electron chi connectivity index (χ1n) is 6.87. The topological polar surface area (TPSA) is 50.4 Å². The summed E-state index contributed by atoms with van der Waals surface area (Å²) >= 11 is 0. The Morgan fingerprint density at radius 3 is 2.33 bits per heavy atom. The summed E-state index contributed by atoms with van der Waals surface area (Å²) < 4.78 is 5.07. The molecule has 21 heavy (non-hydrogen) atoms. The third-order valence-corrected chi connectivity index (χ3v) is 3.11. The van der Waals surface area contributed by atoms with Crippen molar-refractivity contribution in [3.8, 4) is 5.75 Å². The summed E-state index contributed by atoms with van der Waals surface area (Å²) in [5, 5.41) is 5.96. The maximum absolute atomic E-state index is 11.8. The predicted octanol–water partition coefficient (Wildman–Crippen LogP) is 2.73. The number of ether oxygens (including phenoxy) is 1. The molecule has 2 rings (SSSR count). The molecule has 0 aliphatic carbocycles. The minimum atomic E-state index is -0.0627. The van der Waals surface area contributed by atoms with Crippen LogP contribution in [-0.2, 0) is 11.3 Å². The molecule has 4 nitrogen and oxygen atoms in total. The number of carbonyl (C=O) groups is 1. The number of methoxy groups -OCH3 is 1. The highest BCUT2D eigenvalue weighted by atomic mass is 16.5. The van der Waals surface area contributed by atoms with Crippen LogP contribution in [0.3, 0.4) is 0 Å². The number of aryl methyl sites for hydroxylation is 1. The Balaban J connectivity index is 1.75. The third-order valence-electron chi connectivity index (χ3n) is 3.11. The SMILES string of the molecule is COc1ccc(NC(=O)CNCc2ccc(C)cc2)cc1. The summed E-state index contributed by atoms with van der Waals surface area (Å²) in [5.41, 5.74) is 3.16. The van der Waals surface area contributed by atoms with Gasteiger partial charge in [0, 0.05) is 12.2 Å². The van der Waals surface area contributed by atoms with Crippen molar-refractivity contribution in [1.82, 2.24) is 5.32 Å². The van der Waals surface area contributed by atoms with E-state index in [-0.39, 0.29) is 12.5 Å². The van der Waals surface area contributed by atoms with E-state index in [9.17, 15) is 4.79 Å². The minimum Gasteiger partial charge on any atom is -0.497 e. The molecule has 2 aromatic rings. The van der Waals surface area contributed by atoms with Gasteiger partial charge >= 0.3 is 0 Å². The molecular weight excluding hydrogens is 264 g/mol. The van der Waals surface area contributed by atoms with Crippen LogP contribution >= 0.6 is 0 Å². The summed E-state index contributed by atoms with van der Waals surface area (Å²) in [4.78, 5) is 11.8. The van der Waals surface area contributed by atoms with Gasteiger partial charge in [-0.1, -0.05) is 29.8 Å². The molecule has 0 heterocycles. The Kier molecular flexibility index (Phi) is 5.35. The molecule has 0 atom stereocenters. The summed E-state index contributed by atoms with van der Waals surface area (Å²) in [6.45, 7) is 3.01. The Bertz CT molecular complexity index is 577. The summed E-state index contributed by atoms with van der Waals surface area (Å²) in [6.07, 6.45) is 0. The van der Waals surface area contributed by atoms with Crippen molar-refractivity contribution in [1.29, 1.82) is 0 Å². The van der Waals surface area contributed by atoms with Gasteiger partial charge in [0.1, 0.15) is 5.75 Å². The fourth-order valence-corrected chi connectivity index (χ4v) is 1.91. The van der Waals surface area contributed by atoms with Gasteiger partial charge in [-0.15, -0.1) is 0 Å². The van der Waals surface area contributed by atoms with E-state index in [0.29, 0.717) is 6.54 Å². The minimum absolute atomic E-state index is 0.0627. The molecule has 0 saturated carbocycles. The lowest BCUT2D eigenvalue weighted by atomic mass is 10.1. The van der Waals surface area contributed by atoms with E-state index in [1.807, 2.05) is 24.3 Å². The molecule has 0 unspecified atom stereocenters. The standard InChI is InChI=1S/C17H20N2O2/c1-13-3-5-14(6-4-13)11-18-12-17(20)19-15-7-9-16(21-2)10-8-15/h3-10,18H,11-12H2,1-2H3,(H,19,20). The fourth-order valence-electron chi connectivity index (χ4n) is 1.91. The van der Waals surface area contributed by atoms with Gasteiger partial charge in [0.25, 0.3) is 0 Å². The number of benzene rings is 2. The van der Waals surface area contributed by atoms with Crippen LogP contribution in [0.15, 0.2) is 48.5 Å². The first-order valence-corrected chi connectivity index (χ1v) is 6.87. The Labute approximate surface area is 125 Å². The molecule has 0 saturated heterocycles. The number of hydrogen-bond acceptors (Lipinski definition) is 3. The smallest absolute Gasteiger partial charge is 0.238 e. The monoisotopic (exact) mass is 284 g/mol. The fraction of sp³-hybridized carbons (Fsp3) is 0.235. The molecule has 0 aromatic heterocycles. The lowest BCUT2D eigenvalue weighted by Gasteiger charge is -2.08. The van der Waals surface area contributed by atoms with Crippen molar-refractivity contribution in [3.05, 3.63) is 59.7 Å². The molecule has 0 fully saturated rings. The van der Waals surface area contributed by atoms with Crippen molar-refractivity contribution >= 4 is 11.6 Å². The van der Waals surface area contributed by atoms with Crippen molar-refractivity contribution in [2.45, 2.75) is 13.5 Å². The molecule has 4 heteroatoms. The van der Waals surface area contributed by atoms with Crippen molar-refractivity contribution < 1.29 is 9.53 Å². The molecule has 1 amide bonds. The highest BCUT2D eigenvalue weighted by Gasteiger charge is 2.02. The van der Waals surface area contributed by atoms with Crippen LogP contribution in [0.1, 0.15) is 11.1 Å². The molecule has 0 spiro atoms. The first-order chi connectivity index (χ1) is 10.2. The number of hydrogen-bond donors (Lipinski definition) is 2. The van der Waals surface area contributed by atoms with Crippen LogP contribution < -0.4 is 15.4 Å². The van der Waals surface area contributed by atoms with Crippen molar-refractivity contribution in [3.63, 3.8) is 0 Å². The normalized spacial score (nSPS) is 10.2. The first kappa shape index (κ1) is 15.1. The average molecular weight is 284 g/mol. The van der Waals surface area contributed by atoms with E-state index < -0.39 is 0 Å². The maximum atomic E-state index is 11.8. The van der Waals surface area contributed by atoms with Crippen molar-refractivity contribution in [2.75, 3.05) is 19.0 Å². The number of anilines is 1. The van der Waals surface area contributed by atoms with Crippen LogP contribution in [0.25, 0.3) is 0 Å². The average Bonchev–Trinajstić information content (AvgIpc) is 2.50.